The van der Waals surface area contributed by atoms with Gasteiger partial charge in [-0.1, -0.05) is 48.6 Å². The van der Waals surface area contributed by atoms with Crippen molar-refractivity contribution in [1.82, 2.24) is 9.80 Å². The van der Waals surface area contributed by atoms with E-state index in [-0.39, 0.29) is 24.0 Å². The Morgan fingerprint density at radius 2 is 1.74 bits per heavy atom. The van der Waals surface area contributed by atoms with E-state index in [0.717, 1.165) is 19.6 Å². The molecule has 1 aliphatic heterocycles. The molecular weight excluding hydrogens is 366 g/mol. The minimum absolute atomic E-state index is 0. The molecule has 142 valence electrons. The SMILES string of the molecule is Cl.O=C(c1cccc([N+](=O)[O-])c1)N1CCN(C/C=C/c2ccccc2)CC1. The van der Waals surface area contributed by atoms with Crippen molar-refractivity contribution in [2.75, 3.05) is 32.7 Å². The van der Waals surface area contributed by atoms with Gasteiger partial charge in [0.2, 0.25) is 0 Å². The highest BCUT2D eigenvalue weighted by atomic mass is 35.5. The Morgan fingerprint density at radius 3 is 2.41 bits per heavy atom. The highest BCUT2D eigenvalue weighted by Gasteiger charge is 2.22. The number of non-ortho nitro benzene ring substituents is 1. The van der Waals surface area contributed by atoms with Gasteiger partial charge in [-0.15, -0.1) is 12.4 Å². The summed E-state index contributed by atoms with van der Waals surface area (Å²) in [7, 11) is 0. The lowest BCUT2D eigenvalue weighted by atomic mass is 10.1. The van der Waals surface area contributed by atoms with Gasteiger partial charge in [-0.2, -0.15) is 0 Å². The Kier molecular flexibility index (Phi) is 7.52. The molecule has 0 saturated carbocycles. The molecule has 7 heteroatoms. The molecule has 0 aliphatic carbocycles. The second kappa shape index (κ2) is 9.85. The minimum atomic E-state index is -0.478. The second-order valence-electron chi connectivity index (χ2n) is 6.21. The lowest BCUT2D eigenvalue weighted by molar-refractivity contribution is -0.384. The summed E-state index contributed by atoms with van der Waals surface area (Å²) in [6.07, 6.45) is 4.23. The van der Waals surface area contributed by atoms with Gasteiger partial charge in [-0.3, -0.25) is 19.8 Å². The van der Waals surface area contributed by atoms with Crippen LogP contribution < -0.4 is 0 Å². The smallest absolute Gasteiger partial charge is 0.270 e. The van der Waals surface area contributed by atoms with Gasteiger partial charge in [0.05, 0.1) is 4.92 Å². The maximum atomic E-state index is 12.6. The van der Waals surface area contributed by atoms with Gasteiger partial charge < -0.3 is 4.90 Å². The molecule has 0 aromatic heterocycles. The number of hydrogen-bond donors (Lipinski definition) is 0. The van der Waals surface area contributed by atoms with E-state index in [4.69, 9.17) is 0 Å². The Bertz CT molecular complexity index is 803. The minimum Gasteiger partial charge on any atom is -0.336 e. The van der Waals surface area contributed by atoms with Crippen molar-refractivity contribution in [2.45, 2.75) is 0 Å². The largest absolute Gasteiger partial charge is 0.336 e. The average molecular weight is 388 g/mol. The number of piperazine rings is 1. The molecule has 1 fully saturated rings. The van der Waals surface area contributed by atoms with E-state index >= 15 is 0 Å². The third kappa shape index (κ3) is 5.64. The van der Waals surface area contributed by atoms with Crippen molar-refractivity contribution in [3.8, 4) is 0 Å². The van der Waals surface area contributed by atoms with Crippen molar-refractivity contribution in [3.63, 3.8) is 0 Å². The maximum absolute atomic E-state index is 12.6. The van der Waals surface area contributed by atoms with Crippen LogP contribution in [0.15, 0.2) is 60.7 Å². The van der Waals surface area contributed by atoms with Crippen LogP contribution >= 0.6 is 12.4 Å². The molecule has 27 heavy (non-hydrogen) atoms. The number of benzene rings is 2. The molecule has 0 bridgehead atoms. The van der Waals surface area contributed by atoms with Gasteiger partial charge >= 0.3 is 0 Å². The van der Waals surface area contributed by atoms with E-state index in [9.17, 15) is 14.9 Å². The number of nitrogens with zero attached hydrogens (tertiary/aromatic N) is 3. The molecular formula is C20H22ClN3O3. The molecule has 0 N–H and O–H groups in total. The van der Waals surface area contributed by atoms with E-state index < -0.39 is 4.92 Å². The fourth-order valence-electron chi connectivity index (χ4n) is 2.97. The summed E-state index contributed by atoms with van der Waals surface area (Å²) in [4.78, 5) is 27.0. The van der Waals surface area contributed by atoms with E-state index in [1.807, 2.05) is 18.2 Å². The van der Waals surface area contributed by atoms with Gasteiger partial charge in [0.15, 0.2) is 0 Å². The van der Waals surface area contributed by atoms with Crippen LogP contribution in [0.5, 0.6) is 0 Å². The van der Waals surface area contributed by atoms with E-state index in [0.29, 0.717) is 18.7 Å². The first kappa shape index (κ1) is 20.6. The fraction of sp³-hybridized carbons (Fsp3) is 0.250. The quantitative estimate of drug-likeness (QED) is 0.581. The molecule has 1 saturated heterocycles. The topological polar surface area (TPSA) is 66.7 Å². The van der Waals surface area contributed by atoms with Crippen LogP contribution in [0.2, 0.25) is 0 Å². The summed E-state index contributed by atoms with van der Waals surface area (Å²) in [6, 6.07) is 16.1. The van der Waals surface area contributed by atoms with Crippen molar-refractivity contribution >= 4 is 30.1 Å². The highest BCUT2D eigenvalue weighted by molar-refractivity contribution is 5.94. The molecule has 3 rings (SSSR count). The molecule has 1 heterocycles. The normalized spacial score (nSPS) is 14.7. The Labute approximate surface area is 164 Å². The number of hydrogen-bond acceptors (Lipinski definition) is 4. The summed E-state index contributed by atoms with van der Waals surface area (Å²) in [5, 5.41) is 10.9. The van der Waals surface area contributed by atoms with Crippen molar-refractivity contribution in [1.29, 1.82) is 0 Å². The summed E-state index contributed by atoms with van der Waals surface area (Å²) in [5.74, 6) is -0.145. The molecule has 1 aliphatic rings. The first-order valence-corrected chi connectivity index (χ1v) is 8.61. The number of amides is 1. The van der Waals surface area contributed by atoms with Crippen molar-refractivity contribution < 1.29 is 9.72 Å². The van der Waals surface area contributed by atoms with Crippen LogP contribution in [-0.2, 0) is 0 Å². The maximum Gasteiger partial charge on any atom is 0.270 e. The summed E-state index contributed by atoms with van der Waals surface area (Å²) in [5.41, 5.74) is 1.49. The van der Waals surface area contributed by atoms with E-state index in [1.54, 1.807) is 17.0 Å². The zero-order valence-corrected chi connectivity index (χ0v) is 15.7. The number of halogens is 1. The molecule has 0 radical (unpaired) electrons. The van der Waals surface area contributed by atoms with Crippen LogP contribution in [0.3, 0.4) is 0 Å². The highest BCUT2D eigenvalue weighted by Crippen LogP contribution is 2.16. The van der Waals surface area contributed by atoms with Gasteiger partial charge in [0, 0.05) is 50.4 Å². The Morgan fingerprint density at radius 1 is 1.04 bits per heavy atom. The lowest BCUT2D eigenvalue weighted by Gasteiger charge is -2.34. The number of nitro benzene ring substituents is 1. The van der Waals surface area contributed by atoms with Crippen LogP contribution in [0.25, 0.3) is 6.08 Å². The predicted molar refractivity (Wildman–Crippen MR) is 108 cm³/mol. The molecule has 6 nitrogen and oxygen atoms in total. The summed E-state index contributed by atoms with van der Waals surface area (Å²) >= 11 is 0. The summed E-state index contributed by atoms with van der Waals surface area (Å²) < 4.78 is 0. The second-order valence-corrected chi connectivity index (χ2v) is 6.21. The Hall–Kier alpha value is -2.70. The molecule has 2 aromatic rings. The van der Waals surface area contributed by atoms with Crippen molar-refractivity contribution in [2.24, 2.45) is 0 Å². The van der Waals surface area contributed by atoms with Crippen LogP contribution in [-0.4, -0.2) is 53.4 Å². The van der Waals surface area contributed by atoms with Gasteiger partial charge in [0.25, 0.3) is 11.6 Å². The van der Waals surface area contributed by atoms with Crippen LogP contribution in [0, 0.1) is 10.1 Å². The van der Waals surface area contributed by atoms with E-state index in [2.05, 4.69) is 29.2 Å². The molecule has 0 spiro atoms. The predicted octanol–water partition coefficient (Wildman–Crippen LogP) is 3.49. The summed E-state index contributed by atoms with van der Waals surface area (Å²) in [6.45, 7) is 3.68. The fourth-order valence-corrected chi connectivity index (χ4v) is 2.97. The van der Waals surface area contributed by atoms with Crippen LogP contribution in [0.1, 0.15) is 15.9 Å². The molecule has 1 amide bonds. The molecule has 0 atom stereocenters. The Balaban J connectivity index is 0.00000261. The van der Waals surface area contributed by atoms with Gasteiger partial charge in [-0.05, 0) is 11.6 Å². The first-order valence-electron chi connectivity index (χ1n) is 8.61. The number of rotatable bonds is 5. The average Bonchev–Trinajstić information content (AvgIpc) is 2.69. The van der Waals surface area contributed by atoms with E-state index in [1.165, 1.54) is 17.7 Å². The third-order valence-electron chi connectivity index (χ3n) is 4.44. The lowest BCUT2D eigenvalue weighted by Crippen LogP contribution is -2.48. The van der Waals surface area contributed by atoms with Crippen molar-refractivity contribution in [3.05, 3.63) is 81.9 Å². The zero-order valence-electron chi connectivity index (χ0n) is 14.9. The van der Waals surface area contributed by atoms with Gasteiger partial charge in [0.1, 0.15) is 0 Å². The number of carbonyl (C=O) groups is 1. The standard InChI is InChI=1S/C20H21N3O3.ClH/c24-20(18-9-4-10-19(16-18)23(25)26)22-14-12-21(13-15-22)11-5-8-17-6-2-1-3-7-17;/h1-10,16H,11-15H2;1H/b8-5+;. The van der Waals surface area contributed by atoms with Gasteiger partial charge in [-0.25, -0.2) is 0 Å². The first-order chi connectivity index (χ1) is 12.6. The molecule has 0 unspecified atom stereocenters. The monoisotopic (exact) mass is 387 g/mol. The number of carbonyl (C=O) groups excluding carboxylic acids is 1. The third-order valence-corrected chi connectivity index (χ3v) is 4.44. The zero-order chi connectivity index (χ0) is 18.4. The van der Waals surface area contributed by atoms with Crippen LogP contribution in [0.4, 0.5) is 5.69 Å². The molecule has 2 aromatic carbocycles. The number of nitro groups is 1.